The van der Waals surface area contributed by atoms with Crippen LogP contribution in [-0.2, 0) is 6.54 Å². The minimum atomic E-state index is 0.218. The van der Waals surface area contributed by atoms with Crippen LogP contribution in [0, 0.1) is 5.92 Å². The molecule has 17 heavy (non-hydrogen) atoms. The first-order chi connectivity index (χ1) is 8.30. The zero-order chi connectivity index (χ0) is 12.5. The van der Waals surface area contributed by atoms with Gasteiger partial charge in [-0.25, -0.2) is 0 Å². The van der Waals surface area contributed by atoms with Crippen molar-refractivity contribution in [1.29, 1.82) is 0 Å². The molecule has 0 aliphatic carbocycles. The summed E-state index contributed by atoms with van der Waals surface area (Å²) in [6, 6.07) is 10.4. The Morgan fingerprint density at radius 1 is 1.29 bits per heavy atom. The average Bonchev–Trinajstić information content (AvgIpc) is 2.37. The van der Waals surface area contributed by atoms with Gasteiger partial charge in [0.2, 0.25) is 0 Å². The van der Waals surface area contributed by atoms with E-state index in [9.17, 15) is 0 Å². The van der Waals surface area contributed by atoms with Crippen LogP contribution >= 0.6 is 12.6 Å². The monoisotopic (exact) mass is 253 g/mol. The van der Waals surface area contributed by atoms with E-state index in [0.717, 1.165) is 31.8 Å². The quantitative estimate of drug-likeness (QED) is 0.695. The van der Waals surface area contributed by atoms with Gasteiger partial charge in [0.25, 0.3) is 0 Å². The van der Waals surface area contributed by atoms with E-state index < -0.39 is 0 Å². The van der Waals surface area contributed by atoms with Crippen LogP contribution < -0.4 is 0 Å². The first-order valence-electron chi connectivity index (χ1n) is 6.28. The highest BCUT2D eigenvalue weighted by atomic mass is 32.1. The average molecular weight is 253 g/mol. The molecule has 0 heterocycles. The first kappa shape index (κ1) is 14.6. The van der Waals surface area contributed by atoms with Crippen LogP contribution in [0.2, 0.25) is 0 Å². The molecule has 0 spiro atoms. The van der Waals surface area contributed by atoms with Crippen molar-refractivity contribution in [3.8, 4) is 0 Å². The fraction of sp³-hybridized carbons (Fsp3) is 0.571. The highest BCUT2D eigenvalue weighted by Gasteiger charge is 2.11. The lowest BCUT2D eigenvalue weighted by Crippen LogP contribution is -2.32. The molecule has 0 aliphatic rings. The van der Waals surface area contributed by atoms with Gasteiger partial charge in [0.1, 0.15) is 0 Å². The van der Waals surface area contributed by atoms with Crippen LogP contribution in [0.15, 0.2) is 30.3 Å². The summed E-state index contributed by atoms with van der Waals surface area (Å²) in [4.78, 5) is 2.31. The summed E-state index contributed by atoms with van der Waals surface area (Å²) in [6.07, 6.45) is 1.14. The molecule has 1 aromatic rings. The van der Waals surface area contributed by atoms with Crippen molar-refractivity contribution in [2.75, 3.05) is 25.4 Å². The summed E-state index contributed by atoms with van der Waals surface area (Å²) >= 11 is 4.38. The van der Waals surface area contributed by atoms with Crippen molar-refractivity contribution in [2.45, 2.75) is 19.9 Å². The molecule has 0 amide bonds. The molecule has 1 rings (SSSR count). The van der Waals surface area contributed by atoms with E-state index in [4.69, 9.17) is 5.11 Å². The normalized spacial score (nSPS) is 12.9. The van der Waals surface area contributed by atoms with Crippen LogP contribution in [-0.4, -0.2) is 35.5 Å². The van der Waals surface area contributed by atoms with Crippen molar-refractivity contribution >= 4 is 12.6 Å². The van der Waals surface area contributed by atoms with E-state index in [0.29, 0.717) is 5.92 Å². The first-order valence-corrected chi connectivity index (χ1v) is 6.91. The van der Waals surface area contributed by atoms with Gasteiger partial charge in [0.15, 0.2) is 0 Å². The predicted octanol–water partition coefficient (Wildman–Crippen LogP) is 2.44. The van der Waals surface area contributed by atoms with Crippen LogP contribution in [0.5, 0.6) is 0 Å². The Balaban J connectivity index is 2.53. The van der Waals surface area contributed by atoms with Crippen molar-refractivity contribution in [2.24, 2.45) is 5.92 Å². The molecule has 2 nitrogen and oxygen atoms in total. The van der Waals surface area contributed by atoms with Gasteiger partial charge in [-0.2, -0.15) is 12.6 Å². The van der Waals surface area contributed by atoms with Gasteiger partial charge in [0, 0.05) is 19.6 Å². The molecule has 0 radical (unpaired) electrons. The molecule has 1 atom stereocenters. The highest BCUT2D eigenvalue weighted by molar-refractivity contribution is 7.80. The Morgan fingerprint density at radius 2 is 2.00 bits per heavy atom. The van der Waals surface area contributed by atoms with E-state index in [1.54, 1.807) is 0 Å². The number of thiol groups is 1. The van der Waals surface area contributed by atoms with Gasteiger partial charge in [-0.05, 0) is 17.2 Å². The third-order valence-corrected chi connectivity index (χ3v) is 3.53. The zero-order valence-electron chi connectivity index (χ0n) is 10.5. The minimum Gasteiger partial charge on any atom is -0.395 e. The molecule has 0 aliphatic heterocycles. The number of benzene rings is 1. The third kappa shape index (κ3) is 5.57. The van der Waals surface area contributed by atoms with Gasteiger partial charge in [-0.3, -0.25) is 4.90 Å². The Labute approximate surface area is 110 Å². The van der Waals surface area contributed by atoms with Crippen LogP contribution in [0.3, 0.4) is 0 Å². The summed E-state index contributed by atoms with van der Waals surface area (Å²) in [5, 5.41) is 9.11. The lowest BCUT2D eigenvalue weighted by molar-refractivity contribution is 0.172. The molecule has 1 aromatic carbocycles. The number of rotatable bonds is 8. The fourth-order valence-electron chi connectivity index (χ4n) is 1.90. The Hall–Kier alpha value is -0.510. The molecule has 3 heteroatoms. The lowest BCUT2D eigenvalue weighted by atomic mass is 10.1. The van der Waals surface area contributed by atoms with E-state index in [1.807, 2.05) is 6.07 Å². The smallest absolute Gasteiger partial charge is 0.0558 e. The molecule has 0 saturated carbocycles. The van der Waals surface area contributed by atoms with Gasteiger partial charge in [0.05, 0.1) is 6.61 Å². The number of hydrogen-bond acceptors (Lipinski definition) is 3. The maximum absolute atomic E-state index is 9.11. The molecular formula is C14H23NOS. The van der Waals surface area contributed by atoms with E-state index in [-0.39, 0.29) is 6.61 Å². The molecule has 1 N–H and O–H groups in total. The number of nitrogens with zero attached hydrogens (tertiary/aromatic N) is 1. The Bertz CT molecular complexity index is 288. The molecule has 0 bridgehead atoms. The molecular weight excluding hydrogens is 230 g/mol. The van der Waals surface area contributed by atoms with Crippen molar-refractivity contribution < 1.29 is 5.11 Å². The van der Waals surface area contributed by atoms with E-state index in [1.165, 1.54) is 5.56 Å². The molecule has 1 unspecified atom stereocenters. The summed E-state index contributed by atoms with van der Waals surface area (Å²) in [5.74, 6) is 1.52. The summed E-state index contributed by atoms with van der Waals surface area (Å²) < 4.78 is 0. The SMILES string of the molecule is CCC(CS)CN(CCO)Cc1ccccc1. The van der Waals surface area contributed by atoms with E-state index in [2.05, 4.69) is 48.7 Å². The maximum Gasteiger partial charge on any atom is 0.0558 e. The second-order valence-electron chi connectivity index (χ2n) is 4.40. The molecule has 0 aromatic heterocycles. The fourth-order valence-corrected chi connectivity index (χ4v) is 2.27. The minimum absolute atomic E-state index is 0.218. The van der Waals surface area contributed by atoms with Gasteiger partial charge >= 0.3 is 0 Å². The van der Waals surface area contributed by atoms with Crippen LogP contribution in [0.25, 0.3) is 0 Å². The number of aliphatic hydroxyl groups excluding tert-OH is 1. The second-order valence-corrected chi connectivity index (χ2v) is 4.77. The van der Waals surface area contributed by atoms with Gasteiger partial charge < -0.3 is 5.11 Å². The molecule has 96 valence electrons. The van der Waals surface area contributed by atoms with Crippen LogP contribution in [0.1, 0.15) is 18.9 Å². The van der Waals surface area contributed by atoms with Gasteiger partial charge in [-0.1, -0.05) is 43.7 Å². The van der Waals surface area contributed by atoms with Crippen molar-refractivity contribution in [1.82, 2.24) is 4.90 Å². The molecule has 0 fully saturated rings. The number of aliphatic hydroxyl groups is 1. The second kappa shape index (κ2) is 8.56. The predicted molar refractivity (Wildman–Crippen MR) is 76.4 cm³/mol. The maximum atomic E-state index is 9.11. The molecule has 0 saturated heterocycles. The lowest BCUT2D eigenvalue weighted by Gasteiger charge is -2.25. The van der Waals surface area contributed by atoms with Crippen molar-refractivity contribution in [3.63, 3.8) is 0 Å². The number of hydrogen-bond donors (Lipinski definition) is 2. The summed E-state index contributed by atoms with van der Waals surface area (Å²) in [5.41, 5.74) is 1.30. The van der Waals surface area contributed by atoms with E-state index >= 15 is 0 Å². The van der Waals surface area contributed by atoms with Crippen molar-refractivity contribution in [3.05, 3.63) is 35.9 Å². The standard InChI is InChI=1S/C14H23NOS/c1-2-13(12-17)10-15(8-9-16)11-14-6-4-3-5-7-14/h3-7,13,16-17H,2,8-12H2,1H3. The topological polar surface area (TPSA) is 23.5 Å². The third-order valence-electron chi connectivity index (χ3n) is 3.02. The highest BCUT2D eigenvalue weighted by Crippen LogP contribution is 2.11. The zero-order valence-corrected chi connectivity index (χ0v) is 11.4. The summed E-state index contributed by atoms with van der Waals surface area (Å²) in [7, 11) is 0. The van der Waals surface area contributed by atoms with Gasteiger partial charge in [-0.15, -0.1) is 0 Å². The summed E-state index contributed by atoms with van der Waals surface area (Å²) in [6.45, 7) is 5.07. The largest absolute Gasteiger partial charge is 0.395 e. The Morgan fingerprint density at radius 3 is 2.53 bits per heavy atom. The Kier molecular flexibility index (Phi) is 7.33. The van der Waals surface area contributed by atoms with Crippen LogP contribution in [0.4, 0.5) is 0 Å².